The Balaban J connectivity index is 3.07. The lowest BCUT2D eigenvalue weighted by Crippen LogP contribution is -2.47. The summed E-state index contributed by atoms with van der Waals surface area (Å²) in [5.41, 5.74) is 4.65. The zero-order valence-corrected chi connectivity index (χ0v) is 8.24. The maximum absolute atomic E-state index is 11.1. The van der Waals surface area contributed by atoms with Crippen LogP contribution in [0.2, 0.25) is 0 Å². The fourth-order valence-electron chi connectivity index (χ4n) is 1.18. The molecule has 0 fully saturated rings. The number of benzene rings is 1. The molecule has 0 aliphatic heterocycles. The van der Waals surface area contributed by atoms with Gasteiger partial charge in [-0.2, -0.15) is 0 Å². The highest BCUT2D eigenvalue weighted by Gasteiger charge is 2.12. The van der Waals surface area contributed by atoms with Crippen LogP contribution in [0.4, 0.5) is 10.5 Å². The second-order valence-electron chi connectivity index (χ2n) is 3.04. The molecule has 1 aromatic carbocycles. The van der Waals surface area contributed by atoms with Crippen molar-refractivity contribution in [2.75, 3.05) is 5.01 Å². The van der Waals surface area contributed by atoms with E-state index in [4.69, 9.17) is 11.7 Å². The predicted molar refractivity (Wildman–Crippen MR) is 55.3 cm³/mol. The van der Waals surface area contributed by atoms with Crippen LogP contribution in [-0.2, 0) is 0 Å². The molecule has 0 aliphatic carbocycles. The van der Waals surface area contributed by atoms with Gasteiger partial charge in [-0.25, -0.2) is 21.5 Å². The van der Waals surface area contributed by atoms with E-state index >= 15 is 0 Å². The lowest BCUT2D eigenvalue weighted by Gasteiger charge is -2.18. The first-order chi connectivity index (χ1) is 6.57. The highest BCUT2D eigenvalue weighted by molar-refractivity contribution is 5.91. The second kappa shape index (κ2) is 4.08. The van der Waals surface area contributed by atoms with Crippen LogP contribution in [0.1, 0.15) is 11.1 Å². The van der Waals surface area contributed by atoms with Gasteiger partial charge < -0.3 is 0 Å². The van der Waals surface area contributed by atoms with Gasteiger partial charge in [0.15, 0.2) is 0 Å². The number of rotatable bonds is 1. The van der Waals surface area contributed by atoms with Crippen LogP contribution in [0.15, 0.2) is 18.2 Å². The molecular formula is C9H14N4O. The van der Waals surface area contributed by atoms with Gasteiger partial charge in [0.05, 0.1) is 5.69 Å². The van der Waals surface area contributed by atoms with Gasteiger partial charge in [0.1, 0.15) is 0 Å². The fourth-order valence-corrected chi connectivity index (χ4v) is 1.18. The van der Waals surface area contributed by atoms with E-state index in [0.29, 0.717) is 5.69 Å². The Morgan fingerprint density at radius 1 is 1.43 bits per heavy atom. The van der Waals surface area contributed by atoms with Crippen molar-refractivity contribution in [1.82, 2.24) is 5.43 Å². The molecule has 0 atom stereocenters. The highest BCUT2D eigenvalue weighted by atomic mass is 16.2. The van der Waals surface area contributed by atoms with Crippen molar-refractivity contribution in [3.63, 3.8) is 0 Å². The smallest absolute Gasteiger partial charge is 0.274 e. The third-order valence-corrected chi connectivity index (χ3v) is 2.18. The van der Waals surface area contributed by atoms with E-state index in [-0.39, 0.29) is 0 Å². The lowest BCUT2D eigenvalue weighted by molar-refractivity contribution is 0.246. The molecule has 0 radical (unpaired) electrons. The average molecular weight is 194 g/mol. The van der Waals surface area contributed by atoms with Crippen LogP contribution < -0.4 is 22.1 Å². The van der Waals surface area contributed by atoms with E-state index in [0.717, 1.165) is 16.1 Å². The number of hydrogen-bond acceptors (Lipinski definition) is 3. The number of carbonyl (C=O) groups excluding carboxylic acids is 1. The normalized spacial score (nSPS) is 9.71. The quantitative estimate of drug-likeness (QED) is 0.347. The van der Waals surface area contributed by atoms with Crippen LogP contribution in [0.25, 0.3) is 0 Å². The van der Waals surface area contributed by atoms with Crippen molar-refractivity contribution in [3.05, 3.63) is 29.3 Å². The first-order valence-electron chi connectivity index (χ1n) is 4.19. The van der Waals surface area contributed by atoms with E-state index in [1.807, 2.05) is 31.4 Å². The topological polar surface area (TPSA) is 84.4 Å². The summed E-state index contributed by atoms with van der Waals surface area (Å²) in [4.78, 5) is 11.1. The summed E-state index contributed by atoms with van der Waals surface area (Å²) in [6.07, 6.45) is 0. The molecule has 5 heteroatoms. The molecular weight excluding hydrogens is 180 g/mol. The van der Waals surface area contributed by atoms with E-state index in [2.05, 4.69) is 0 Å². The van der Waals surface area contributed by atoms with Crippen molar-refractivity contribution in [2.45, 2.75) is 13.8 Å². The minimum atomic E-state index is -0.543. The van der Waals surface area contributed by atoms with Gasteiger partial charge in [0, 0.05) is 0 Å². The number of amides is 2. The molecule has 1 rings (SSSR count). The number of nitrogens with two attached hydrogens (primary N) is 2. The lowest BCUT2D eigenvalue weighted by atomic mass is 10.1. The molecule has 0 saturated heterocycles. The van der Waals surface area contributed by atoms with Gasteiger partial charge in [-0.15, -0.1) is 0 Å². The maximum atomic E-state index is 11.1. The summed E-state index contributed by atoms with van der Waals surface area (Å²) in [7, 11) is 0. The SMILES string of the molecule is Cc1cccc(N(N)C(=O)NN)c1C. The molecule has 0 bridgehead atoms. The summed E-state index contributed by atoms with van der Waals surface area (Å²) in [5.74, 6) is 10.5. The zero-order chi connectivity index (χ0) is 10.7. The third-order valence-electron chi connectivity index (χ3n) is 2.18. The Hall–Kier alpha value is -1.59. The molecule has 5 N–H and O–H groups in total. The first kappa shape index (κ1) is 10.5. The van der Waals surface area contributed by atoms with Gasteiger partial charge in [-0.1, -0.05) is 12.1 Å². The molecule has 2 amide bonds. The first-order valence-corrected chi connectivity index (χ1v) is 4.19. The van der Waals surface area contributed by atoms with Crippen LogP contribution in [0.5, 0.6) is 0 Å². The number of carbonyl (C=O) groups is 1. The van der Waals surface area contributed by atoms with Gasteiger partial charge in [0.2, 0.25) is 0 Å². The Morgan fingerprint density at radius 3 is 2.64 bits per heavy atom. The number of urea groups is 1. The van der Waals surface area contributed by atoms with E-state index in [9.17, 15) is 4.79 Å². The van der Waals surface area contributed by atoms with Gasteiger partial charge in [-0.3, -0.25) is 5.43 Å². The minimum absolute atomic E-state index is 0.543. The highest BCUT2D eigenvalue weighted by Crippen LogP contribution is 2.20. The van der Waals surface area contributed by atoms with E-state index < -0.39 is 6.03 Å². The van der Waals surface area contributed by atoms with Crippen molar-refractivity contribution < 1.29 is 4.79 Å². The minimum Gasteiger partial charge on any atom is -0.274 e. The van der Waals surface area contributed by atoms with Gasteiger partial charge >= 0.3 is 6.03 Å². The summed E-state index contributed by atoms with van der Waals surface area (Å²) >= 11 is 0. The predicted octanol–water partition coefficient (Wildman–Crippen LogP) is 0.567. The van der Waals surface area contributed by atoms with Gasteiger partial charge in [-0.05, 0) is 31.0 Å². The third kappa shape index (κ3) is 1.84. The van der Waals surface area contributed by atoms with E-state index in [1.54, 1.807) is 6.07 Å². The number of nitrogens with one attached hydrogen (secondary N) is 1. The molecule has 1 aromatic rings. The summed E-state index contributed by atoms with van der Waals surface area (Å²) in [6, 6.07) is 5.00. The fraction of sp³-hybridized carbons (Fsp3) is 0.222. The Kier molecular flexibility index (Phi) is 3.06. The summed E-state index contributed by atoms with van der Waals surface area (Å²) in [6.45, 7) is 3.85. The summed E-state index contributed by atoms with van der Waals surface area (Å²) < 4.78 is 0. The molecule has 76 valence electrons. The van der Waals surface area contributed by atoms with Crippen molar-refractivity contribution in [2.24, 2.45) is 11.7 Å². The molecule has 5 nitrogen and oxygen atoms in total. The van der Waals surface area contributed by atoms with Crippen molar-refractivity contribution in [1.29, 1.82) is 0 Å². The van der Waals surface area contributed by atoms with Crippen molar-refractivity contribution in [3.8, 4) is 0 Å². The molecule has 0 spiro atoms. The average Bonchev–Trinajstić information content (AvgIpc) is 2.20. The molecule has 0 unspecified atom stereocenters. The van der Waals surface area contributed by atoms with Crippen molar-refractivity contribution >= 4 is 11.7 Å². The molecule has 0 heterocycles. The zero-order valence-electron chi connectivity index (χ0n) is 8.24. The van der Waals surface area contributed by atoms with Gasteiger partial charge in [0.25, 0.3) is 0 Å². The molecule has 0 saturated carbocycles. The number of nitrogens with zero attached hydrogens (tertiary/aromatic N) is 1. The van der Waals surface area contributed by atoms with Crippen LogP contribution in [0, 0.1) is 13.8 Å². The maximum Gasteiger partial charge on any atom is 0.350 e. The Labute approximate surface area is 82.6 Å². The molecule has 14 heavy (non-hydrogen) atoms. The van der Waals surface area contributed by atoms with Crippen LogP contribution in [-0.4, -0.2) is 6.03 Å². The standard InChI is InChI=1S/C9H14N4O/c1-6-4-3-5-8(7(6)2)13(11)9(14)12-10/h3-5H,10-11H2,1-2H3,(H,12,14). The number of anilines is 1. The summed E-state index contributed by atoms with van der Waals surface area (Å²) in [5, 5.41) is 0.988. The second-order valence-corrected chi connectivity index (χ2v) is 3.04. The Morgan fingerprint density at radius 2 is 2.07 bits per heavy atom. The Bertz CT molecular complexity index is 351. The largest absolute Gasteiger partial charge is 0.350 e. The van der Waals surface area contributed by atoms with Crippen LogP contribution >= 0.6 is 0 Å². The molecule has 0 aliphatic rings. The molecule has 0 aromatic heterocycles. The number of aryl methyl sites for hydroxylation is 1. The number of hydrazine groups is 2. The van der Waals surface area contributed by atoms with E-state index in [1.165, 1.54) is 0 Å². The van der Waals surface area contributed by atoms with Crippen LogP contribution in [0.3, 0.4) is 0 Å². The number of hydrogen-bond donors (Lipinski definition) is 3. The monoisotopic (exact) mass is 194 g/mol.